The van der Waals surface area contributed by atoms with Gasteiger partial charge in [0.2, 0.25) is 0 Å². The van der Waals surface area contributed by atoms with Crippen LogP contribution in [0.4, 0.5) is 10.1 Å². The highest BCUT2D eigenvalue weighted by Gasteiger charge is 2.17. The van der Waals surface area contributed by atoms with Gasteiger partial charge < -0.3 is 15.4 Å². The molecule has 0 spiro atoms. The fourth-order valence-corrected chi connectivity index (χ4v) is 2.18. The summed E-state index contributed by atoms with van der Waals surface area (Å²) in [6.07, 6.45) is 1.90. The predicted octanol–water partition coefficient (Wildman–Crippen LogP) is 2.41. The van der Waals surface area contributed by atoms with Gasteiger partial charge in [-0.15, -0.1) is 0 Å². The number of nitrogens with zero attached hydrogens (tertiary/aromatic N) is 1. The van der Waals surface area contributed by atoms with E-state index in [-0.39, 0.29) is 11.9 Å². The number of methoxy groups -OCH3 is 1. The lowest BCUT2D eigenvalue weighted by Crippen LogP contribution is -2.39. The van der Waals surface area contributed by atoms with Crippen LogP contribution in [0.2, 0.25) is 0 Å². The Bertz CT molecular complexity index is 346. The minimum atomic E-state index is -0.207. The molecule has 0 saturated heterocycles. The SMILES string of the molecule is CCN(c1cccc(F)c1)C(CCCN)COC. The summed E-state index contributed by atoms with van der Waals surface area (Å²) >= 11 is 0. The fourth-order valence-electron chi connectivity index (χ4n) is 2.18. The average molecular weight is 254 g/mol. The van der Waals surface area contributed by atoms with Gasteiger partial charge in [-0.3, -0.25) is 0 Å². The van der Waals surface area contributed by atoms with Crippen molar-refractivity contribution in [3.8, 4) is 0 Å². The van der Waals surface area contributed by atoms with E-state index in [4.69, 9.17) is 10.5 Å². The first-order valence-electron chi connectivity index (χ1n) is 6.44. The molecule has 0 fully saturated rings. The van der Waals surface area contributed by atoms with Crippen LogP contribution in [0, 0.1) is 5.82 Å². The second-order valence-electron chi connectivity index (χ2n) is 4.31. The van der Waals surface area contributed by atoms with Crippen molar-refractivity contribution in [2.45, 2.75) is 25.8 Å². The molecule has 0 aromatic heterocycles. The molecule has 0 amide bonds. The minimum absolute atomic E-state index is 0.207. The molecule has 0 aliphatic rings. The van der Waals surface area contributed by atoms with Crippen molar-refractivity contribution in [2.24, 2.45) is 5.73 Å². The molecule has 1 rings (SSSR count). The van der Waals surface area contributed by atoms with Gasteiger partial charge in [-0.2, -0.15) is 0 Å². The van der Waals surface area contributed by atoms with Gasteiger partial charge in [-0.1, -0.05) is 6.07 Å². The number of hydrogen-bond acceptors (Lipinski definition) is 3. The van der Waals surface area contributed by atoms with Gasteiger partial charge in [-0.05, 0) is 44.5 Å². The van der Waals surface area contributed by atoms with Gasteiger partial charge in [0.05, 0.1) is 12.6 Å². The summed E-state index contributed by atoms with van der Waals surface area (Å²) in [6.45, 7) is 4.18. The second-order valence-corrected chi connectivity index (χ2v) is 4.31. The lowest BCUT2D eigenvalue weighted by Gasteiger charge is -2.32. The minimum Gasteiger partial charge on any atom is -0.383 e. The van der Waals surface area contributed by atoms with E-state index in [0.29, 0.717) is 13.2 Å². The Hall–Kier alpha value is -1.13. The van der Waals surface area contributed by atoms with Crippen LogP contribution in [0.15, 0.2) is 24.3 Å². The number of halogens is 1. The van der Waals surface area contributed by atoms with Crippen LogP contribution in [-0.2, 0) is 4.74 Å². The summed E-state index contributed by atoms with van der Waals surface area (Å²) in [5.74, 6) is -0.207. The van der Waals surface area contributed by atoms with Crippen LogP contribution in [0.25, 0.3) is 0 Å². The molecular formula is C14H23FN2O. The summed E-state index contributed by atoms with van der Waals surface area (Å²) in [4.78, 5) is 2.17. The molecule has 1 unspecified atom stereocenters. The smallest absolute Gasteiger partial charge is 0.125 e. The zero-order chi connectivity index (χ0) is 13.4. The number of hydrogen-bond donors (Lipinski definition) is 1. The number of rotatable bonds is 8. The third kappa shape index (κ3) is 4.27. The van der Waals surface area contributed by atoms with Crippen molar-refractivity contribution in [3.05, 3.63) is 30.1 Å². The molecule has 1 aromatic rings. The number of nitrogens with two attached hydrogens (primary N) is 1. The van der Waals surface area contributed by atoms with E-state index in [2.05, 4.69) is 11.8 Å². The molecule has 3 nitrogen and oxygen atoms in total. The van der Waals surface area contributed by atoms with E-state index in [1.54, 1.807) is 19.2 Å². The van der Waals surface area contributed by atoms with Crippen LogP contribution in [0.5, 0.6) is 0 Å². The molecule has 0 saturated carbocycles. The zero-order valence-electron chi connectivity index (χ0n) is 11.2. The number of benzene rings is 1. The summed E-state index contributed by atoms with van der Waals surface area (Å²) in [7, 11) is 1.69. The van der Waals surface area contributed by atoms with Crippen LogP contribution >= 0.6 is 0 Å². The summed E-state index contributed by atoms with van der Waals surface area (Å²) < 4.78 is 18.5. The van der Waals surface area contributed by atoms with E-state index in [1.165, 1.54) is 6.07 Å². The molecule has 2 N–H and O–H groups in total. The van der Waals surface area contributed by atoms with Crippen molar-refractivity contribution in [3.63, 3.8) is 0 Å². The van der Waals surface area contributed by atoms with Crippen molar-refractivity contribution in [1.29, 1.82) is 0 Å². The van der Waals surface area contributed by atoms with Gasteiger partial charge in [-0.25, -0.2) is 4.39 Å². The Morgan fingerprint density at radius 1 is 1.44 bits per heavy atom. The van der Waals surface area contributed by atoms with Crippen molar-refractivity contribution in [2.75, 3.05) is 31.7 Å². The lowest BCUT2D eigenvalue weighted by molar-refractivity contribution is 0.172. The topological polar surface area (TPSA) is 38.5 Å². The van der Waals surface area contributed by atoms with E-state index >= 15 is 0 Å². The van der Waals surface area contributed by atoms with Crippen LogP contribution in [-0.4, -0.2) is 32.8 Å². The molecular weight excluding hydrogens is 231 g/mol. The molecule has 0 radical (unpaired) electrons. The Morgan fingerprint density at radius 2 is 2.22 bits per heavy atom. The number of likely N-dealkylation sites (N-methyl/N-ethyl adjacent to an activating group) is 1. The van der Waals surface area contributed by atoms with Gasteiger partial charge in [0.25, 0.3) is 0 Å². The lowest BCUT2D eigenvalue weighted by atomic mass is 10.1. The summed E-state index contributed by atoms with van der Waals surface area (Å²) in [5, 5.41) is 0. The highest BCUT2D eigenvalue weighted by atomic mass is 19.1. The van der Waals surface area contributed by atoms with Crippen molar-refractivity contribution in [1.82, 2.24) is 0 Å². The van der Waals surface area contributed by atoms with E-state index in [1.807, 2.05) is 6.07 Å². The maximum atomic E-state index is 13.3. The van der Waals surface area contributed by atoms with E-state index in [0.717, 1.165) is 25.1 Å². The second kappa shape index (κ2) is 8.06. The van der Waals surface area contributed by atoms with Crippen LogP contribution in [0.3, 0.4) is 0 Å². The standard InChI is InChI=1S/C14H23FN2O/c1-3-17(13-7-4-6-12(15)10-13)14(11-18-2)8-5-9-16/h4,6-7,10,14H,3,5,8-9,11,16H2,1-2H3. The Morgan fingerprint density at radius 3 is 2.78 bits per heavy atom. The monoisotopic (exact) mass is 254 g/mol. The molecule has 18 heavy (non-hydrogen) atoms. The van der Waals surface area contributed by atoms with Gasteiger partial charge >= 0.3 is 0 Å². The summed E-state index contributed by atoms with van der Waals surface area (Å²) in [5.41, 5.74) is 6.46. The average Bonchev–Trinajstić information content (AvgIpc) is 2.37. The van der Waals surface area contributed by atoms with Crippen LogP contribution < -0.4 is 10.6 Å². The third-order valence-electron chi connectivity index (χ3n) is 3.02. The molecule has 1 atom stereocenters. The predicted molar refractivity (Wildman–Crippen MR) is 73.4 cm³/mol. The Kier molecular flexibility index (Phi) is 6.68. The number of ether oxygens (including phenoxy) is 1. The largest absolute Gasteiger partial charge is 0.383 e. The summed E-state index contributed by atoms with van der Waals surface area (Å²) in [6, 6.07) is 6.93. The molecule has 4 heteroatoms. The Balaban J connectivity index is 2.83. The third-order valence-corrected chi connectivity index (χ3v) is 3.02. The van der Waals surface area contributed by atoms with Crippen molar-refractivity contribution < 1.29 is 9.13 Å². The quantitative estimate of drug-likeness (QED) is 0.774. The van der Waals surface area contributed by atoms with Crippen LogP contribution in [0.1, 0.15) is 19.8 Å². The van der Waals surface area contributed by atoms with Crippen molar-refractivity contribution >= 4 is 5.69 Å². The highest BCUT2D eigenvalue weighted by Crippen LogP contribution is 2.20. The molecule has 0 bridgehead atoms. The van der Waals surface area contributed by atoms with E-state index in [9.17, 15) is 4.39 Å². The van der Waals surface area contributed by atoms with Gasteiger partial charge in [0, 0.05) is 19.3 Å². The molecule has 0 aliphatic carbocycles. The number of anilines is 1. The molecule has 102 valence electrons. The normalized spacial score (nSPS) is 12.4. The molecule has 0 heterocycles. The first kappa shape index (κ1) is 14.9. The Labute approximate surface area is 109 Å². The van der Waals surface area contributed by atoms with E-state index < -0.39 is 0 Å². The maximum absolute atomic E-state index is 13.3. The fraction of sp³-hybridized carbons (Fsp3) is 0.571. The highest BCUT2D eigenvalue weighted by molar-refractivity contribution is 5.47. The first-order chi connectivity index (χ1) is 8.72. The van der Waals surface area contributed by atoms with Gasteiger partial charge in [0.1, 0.15) is 5.82 Å². The van der Waals surface area contributed by atoms with Gasteiger partial charge in [0.15, 0.2) is 0 Å². The zero-order valence-corrected chi connectivity index (χ0v) is 11.2. The molecule has 0 aliphatic heterocycles. The maximum Gasteiger partial charge on any atom is 0.125 e. The first-order valence-corrected chi connectivity index (χ1v) is 6.44. The molecule has 1 aromatic carbocycles.